The number of benzene rings is 1. The summed E-state index contributed by atoms with van der Waals surface area (Å²) in [5.74, 6) is 0. The highest BCUT2D eigenvalue weighted by Gasteiger charge is 2.19. The molecule has 1 atom stereocenters. The molecule has 2 rings (SSSR count). The fourth-order valence-electron chi connectivity index (χ4n) is 2.72. The third-order valence-electron chi connectivity index (χ3n) is 3.85. The van der Waals surface area contributed by atoms with Gasteiger partial charge in [0.15, 0.2) is 0 Å². The summed E-state index contributed by atoms with van der Waals surface area (Å²) in [6.45, 7) is 5.69. The van der Waals surface area contributed by atoms with E-state index in [1.54, 1.807) is 0 Å². The van der Waals surface area contributed by atoms with Crippen LogP contribution in [0.15, 0.2) is 18.2 Å². The van der Waals surface area contributed by atoms with Crippen LogP contribution in [0.2, 0.25) is 0 Å². The van der Waals surface area contributed by atoms with Gasteiger partial charge in [0, 0.05) is 26.7 Å². The first-order valence-electron chi connectivity index (χ1n) is 7.81. The molecule has 1 N–H and O–H groups in total. The lowest BCUT2D eigenvalue weighted by atomic mass is 10.1. The summed E-state index contributed by atoms with van der Waals surface area (Å²) >= 11 is 0. The van der Waals surface area contributed by atoms with E-state index in [0.717, 1.165) is 62.3 Å². The summed E-state index contributed by atoms with van der Waals surface area (Å²) in [6, 6.07) is 8.47. The van der Waals surface area contributed by atoms with E-state index < -0.39 is 0 Å². The monoisotopic (exact) mass is 287 g/mol. The lowest BCUT2D eigenvalue weighted by Crippen LogP contribution is -2.29. The second kappa shape index (κ2) is 8.02. The van der Waals surface area contributed by atoms with Gasteiger partial charge in [-0.3, -0.25) is 0 Å². The molecule has 4 heteroatoms. The average molecular weight is 287 g/mol. The minimum atomic E-state index is 0.299. The topological polar surface area (TPSA) is 48.3 Å². The van der Waals surface area contributed by atoms with Gasteiger partial charge in [-0.1, -0.05) is 13.0 Å². The predicted octanol–water partition coefficient (Wildman–Crippen LogP) is 2.67. The fraction of sp³-hybridized carbons (Fsp3) is 0.588. The minimum absolute atomic E-state index is 0.299. The smallest absolute Gasteiger partial charge is 0.101 e. The van der Waals surface area contributed by atoms with E-state index >= 15 is 0 Å². The van der Waals surface area contributed by atoms with E-state index in [1.807, 2.05) is 13.1 Å². The fourth-order valence-corrected chi connectivity index (χ4v) is 2.72. The Bertz CT molecular complexity index is 489. The second-order valence-corrected chi connectivity index (χ2v) is 5.66. The number of nitrogens with zero attached hydrogens (tertiary/aromatic N) is 2. The Balaban J connectivity index is 2.02. The first-order chi connectivity index (χ1) is 10.2. The molecule has 1 unspecified atom stereocenters. The summed E-state index contributed by atoms with van der Waals surface area (Å²) in [7, 11) is 2.03. The molecule has 1 saturated heterocycles. The van der Waals surface area contributed by atoms with E-state index in [4.69, 9.17) is 4.74 Å². The molecule has 1 aliphatic heterocycles. The molecule has 1 aromatic rings. The summed E-state index contributed by atoms with van der Waals surface area (Å²) in [4.78, 5) is 2.14. The molecular weight excluding hydrogens is 262 g/mol. The van der Waals surface area contributed by atoms with Crippen molar-refractivity contribution in [3.05, 3.63) is 29.3 Å². The zero-order valence-corrected chi connectivity index (χ0v) is 13.1. The van der Waals surface area contributed by atoms with Crippen molar-refractivity contribution < 1.29 is 4.74 Å². The van der Waals surface area contributed by atoms with Gasteiger partial charge < -0.3 is 15.0 Å². The number of rotatable bonds is 7. The van der Waals surface area contributed by atoms with Crippen molar-refractivity contribution in [1.29, 1.82) is 5.26 Å². The van der Waals surface area contributed by atoms with Crippen LogP contribution >= 0.6 is 0 Å². The summed E-state index contributed by atoms with van der Waals surface area (Å²) in [6.07, 6.45) is 3.68. The zero-order valence-electron chi connectivity index (χ0n) is 13.1. The van der Waals surface area contributed by atoms with Crippen LogP contribution in [0.4, 0.5) is 5.69 Å². The number of nitrogens with one attached hydrogen (secondary N) is 1. The van der Waals surface area contributed by atoms with Crippen LogP contribution in [0, 0.1) is 11.3 Å². The van der Waals surface area contributed by atoms with Crippen molar-refractivity contribution in [3.63, 3.8) is 0 Å². The molecular formula is C17H25N3O. The van der Waals surface area contributed by atoms with Gasteiger partial charge in [-0.05, 0) is 43.5 Å². The summed E-state index contributed by atoms with van der Waals surface area (Å²) in [5, 5.41) is 12.8. The van der Waals surface area contributed by atoms with E-state index in [0.29, 0.717) is 6.10 Å². The van der Waals surface area contributed by atoms with Crippen molar-refractivity contribution >= 4 is 5.69 Å². The average Bonchev–Trinajstić information content (AvgIpc) is 3.00. The minimum Gasteiger partial charge on any atom is -0.376 e. The van der Waals surface area contributed by atoms with E-state index in [1.165, 1.54) is 0 Å². The third kappa shape index (κ3) is 4.45. The zero-order chi connectivity index (χ0) is 15.1. The van der Waals surface area contributed by atoms with Gasteiger partial charge >= 0.3 is 0 Å². The Kier molecular flexibility index (Phi) is 6.04. The van der Waals surface area contributed by atoms with Gasteiger partial charge in [-0.2, -0.15) is 5.26 Å². The molecule has 1 aromatic carbocycles. The molecule has 0 radical (unpaired) electrons. The quantitative estimate of drug-likeness (QED) is 0.783. The Hall–Kier alpha value is -1.57. The van der Waals surface area contributed by atoms with Crippen LogP contribution in [-0.4, -0.2) is 32.8 Å². The predicted molar refractivity (Wildman–Crippen MR) is 85.4 cm³/mol. The van der Waals surface area contributed by atoms with Crippen LogP contribution in [0.1, 0.15) is 37.3 Å². The molecule has 1 heterocycles. The van der Waals surface area contributed by atoms with Crippen molar-refractivity contribution in [2.24, 2.45) is 0 Å². The van der Waals surface area contributed by atoms with Gasteiger partial charge in [0.2, 0.25) is 0 Å². The Morgan fingerprint density at radius 2 is 2.33 bits per heavy atom. The number of nitriles is 1. The van der Waals surface area contributed by atoms with Crippen LogP contribution in [0.3, 0.4) is 0 Å². The molecule has 0 saturated carbocycles. The van der Waals surface area contributed by atoms with Gasteiger partial charge in [-0.25, -0.2) is 0 Å². The normalized spacial score (nSPS) is 17.7. The van der Waals surface area contributed by atoms with Crippen molar-refractivity contribution in [2.45, 2.75) is 38.8 Å². The molecule has 0 aliphatic carbocycles. The maximum absolute atomic E-state index is 9.40. The van der Waals surface area contributed by atoms with Crippen molar-refractivity contribution in [2.75, 3.05) is 31.6 Å². The molecule has 1 fully saturated rings. The lowest BCUT2D eigenvalue weighted by molar-refractivity contribution is 0.116. The molecule has 0 bridgehead atoms. The van der Waals surface area contributed by atoms with Gasteiger partial charge in [0.05, 0.1) is 17.4 Å². The summed E-state index contributed by atoms with van der Waals surface area (Å²) < 4.78 is 5.67. The maximum atomic E-state index is 9.40. The standard InChI is InChI=1S/C17H25N3O/c1-3-8-19-12-14-6-7-17(15(10-14)11-18)20(2)13-16-5-4-9-21-16/h6-7,10,16,19H,3-5,8-9,12-13H2,1-2H3. The van der Waals surface area contributed by atoms with Gasteiger partial charge in [0.25, 0.3) is 0 Å². The van der Waals surface area contributed by atoms with E-state index in [-0.39, 0.29) is 0 Å². The number of hydrogen-bond acceptors (Lipinski definition) is 4. The number of ether oxygens (including phenoxy) is 1. The van der Waals surface area contributed by atoms with E-state index in [2.05, 4.69) is 35.3 Å². The molecule has 4 nitrogen and oxygen atoms in total. The molecule has 21 heavy (non-hydrogen) atoms. The highest BCUT2D eigenvalue weighted by Crippen LogP contribution is 2.23. The highest BCUT2D eigenvalue weighted by molar-refractivity contribution is 5.60. The second-order valence-electron chi connectivity index (χ2n) is 5.66. The van der Waals surface area contributed by atoms with E-state index in [9.17, 15) is 5.26 Å². The molecule has 0 amide bonds. The molecule has 114 valence electrons. The first kappa shape index (κ1) is 15.8. The van der Waals surface area contributed by atoms with Gasteiger partial charge in [-0.15, -0.1) is 0 Å². The van der Waals surface area contributed by atoms with Crippen molar-refractivity contribution in [3.8, 4) is 6.07 Å². The van der Waals surface area contributed by atoms with Gasteiger partial charge in [0.1, 0.15) is 6.07 Å². The largest absolute Gasteiger partial charge is 0.376 e. The molecule has 1 aliphatic rings. The Morgan fingerprint density at radius 3 is 3.00 bits per heavy atom. The number of likely N-dealkylation sites (N-methyl/N-ethyl adjacent to an activating group) is 1. The van der Waals surface area contributed by atoms with Crippen LogP contribution in [0.5, 0.6) is 0 Å². The third-order valence-corrected chi connectivity index (χ3v) is 3.85. The summed E-state index contributed by atoms with van der Waals surface area (Å²) in [5.41, 5.74) is 2.90. The maximum Gasteiger partial charge on any atom is 0.101 e. The Morgan fingerprint density at radius 1 is 1.48 bits per heavy atom. The highest BCUT2D eigenvalue weighted by atomic mass is 16.5. The van der Waals surface area contributed by atoms with Crippen molar-refractivity contribution in [1.82, 2.24) is 5.32 Å². The number of hydrogen-bond donors (Lipinski definition) is 1. The molecule has 0 aromatic heterocycles. The number of anilines is 1. The lowest BCUT2D eigenvalue weighted by Gasteiger charge is -2.24. The first-order valence-corrected chi connectivity index (χ1v) is 7.81. The van der Waals surface area contributed by atoms with Crippen LogP contribution < -0.4 is 10.2 Å². The van der Waals surface area contributed by atoms with Crippen LogP contribution in [0.25, 0.3) is 0 Å². The molecule has 0 spiro atoms. The van der Waals surface area contributed by atoms with Crippen LogP contribution in [-0.2, 0) is 11.3 Å². The Labute approximate surface area is 127 Å². The SMILES string of the molecule is CCCNCc1ccc(N(C)CC2CCCO2)c(C#N)c1.